The van der Waals surface area contributed by atoms with Crippen molar-refractivity contribution in [2.45, 2.75) is 57.9 Å². The highest BCUT2D eigenvalue weighted by Crippen LogP contribution is 2.33. The summed E-state index contributed by atoms with van der Waals surface area (Å²) in [5.74, 6) is 0.994. The predicted molar refractivity (Wildman–Crippen MR) is 70.0 cm³/mol. The Morgan fingerprint density at radius 1 is 1.39 bits per heavy atom. The summed E-state index contributed by atoms with van der Waals surface area (Å²) in [7, 11) is 0. The van der Waals surface area contributed by atoms with E-state index in [1.54, 1.807) is 0 Å². The zero-order valence-electron chi connectivity index (χ0n) is 11.5. The number of nitrogens with one attached hydrogen (secondary N) is 1. The Labute approximate surface area is 109 Å². The van der Waals surface area contributed by atoms with Crippen LogP contribution >= 0.6 is 0 Å². The Hall–Kier alpha value is -1.06. The Morgan fingerprint density at radius 3 is 2.72 bits per heavy atom. The Bertz CT molecular complexity index is 339. The van der Waals surface area contributed by atoms with Gasteiger partial charge in [-0.05, 0) is 32.1 Å². The number of carbonyl (C=O) groups is 2. The van der Waals surface area contributed by atoms with Crippen LogP contribution in [0.2, 0.25) is 0 Å². The Balaban J connectivity index is 1.94. The van der Waals surface area contributed by atoms with Gasteiger partial charge in [0, 0.05) is 19.5 Å². The van der Waals surface area contributed by atoms with Gasteiger partial charge in [0.15, 0.2) is 0 Å². The molecule has 2 fully saturated rings. The van der Waals surface area contributed by atoms with Crippen molar-refractivity contribution in [3.63, 3.8) is 0 Å². The quantitative estimate of drug-likeness (QED) is 0.809. The molecule has 18 heavy (non-hydrogen) atoms. The third-order valence-electron chi connectivity index (χ3n) is 4.23. The minimum Gasteiger partial charge on any atom is -0.342 e. The molecule has 1 heterocycles. The van der Waals surface area contributed by atoms with Gasteiger partial charge in [-0.25, -0.2) is 0 Å². The van der Waals surface area contributed by atoms with Crippen LogP contribution in [0, 0.1) is 5.92 Å². The van der Waals surface area contributed by atoms with Gasteiger partial charge in [0.1, 0.15) is 5.54 Å². The molecule has 1 saturated heterocycles. The van der Waals surface area contributed by atoms with Crippen molar-refractivity contribution in [1.29, 1.82) is 0 Å². The highest BCUT2D eigenvalue weighted by Gasteiger charge is 2.38. The number of amides is 2. The Kier molecular flexibility index (Phi) is 3.93. The van der Waals surface area contributed by atoms with Crippen molar-refractivity contribution >= 4 is 11.8 Å². The summed E-state index contributed by atoms with van der Waals surface area (Å²) in [6.45, 7) is 5.17. The molecule has 0 radical (unpaired) electrons. The number of nitrogens with zero attached hydrogens (tertiary/aromatic N) is 1. The van der Waals surface area contributed by atoms with Crippen LogP contribution in [0.15, 0.2) is 0 Å². The maximum atomic E-state index is 12.4. The van der Waals surface area contributed by atoms with Gasteiger partial charge < -0.3 is 10.2 Å². The molecule has 1 aliphatic heterocycles. The molecule has 4 heteroatoms. The summed E-state index contributed by atoms with van der Waals surface area (Å²) in [5.41, 5.74) is -0.701. The van der Waals surface area contributed by atoms with Crippen LogP contribution in [0.4, 0.5) is 0 Å². The molecular formula is C14H24N2O2. The van der Waals surface area contributed by atoms with Crippen molar-refractivity contribution in [2.75, 3.05) is 13.1 Å². The lowest BCUT2D eigenvalue weighted by Gasteiger charge is -2.31. The fourth-order valence-corrected chi connectivity index (χ4v) is 2.54. The molecule has 1 aliphatic carbocycles. The maximum Gasteiger partial charge on any atom is 0.248 e. The zero-order chi connectivity index (χ0) is 13.2. The van der Waals surface area contributed by atoms with Gasteiger partial charge in [-0.3, -0.25) is 9.59 Å². The summed E-state index contributed by atoms with van der Waals surface area (Å²) in [4.78, 5) is 26.0. The standard InChI is InChI=1S/C14H24N2O2/c1-3-14(2)13(18)16(10-8-12(17)15-14)9-4-5-11-6-7-11/h11H,3-10H2,1-2H3,(H,15,17). The van der Waals surface area contributed by atoms with E-state index in [9.17, 15) is 9.59 Å². The van der Waals surface area contributed by atoms with Crippen molar-refractivity contribution in [3.8, 4) is 0 Å². The number of hydrogen-bond acceptors (Lipinski definition) is 2. The summed E-state index contributed by atoms with van der Waals surface area (Å²) < 4.78 is 0. The topological polar surface area (TPSA) is 49.4 Å². The third-order valence-corrected chi connectivity index (χ3v) is 4.23. The van der Waals surface area contributed by atoms with Crippen LogP contribution in [-0.2, 0) is 9.59 Å². The molecular weight excluding hydrogens is 228 g/mol. The summed E-state index contributed by atoms with van der Waals surface area (Å²) >= 11 is 0. The number of rotatable bonds is 5. The lowest BCUT2D eigenvalue weighted by Crippen LogP contribution is -2.54. The number of carbonyl (C=O) groups excluding carboxylic acids is 2. The molecule has 0 bridgehead atoms. The monoisotopic (exact) mass is 252 g/mol. The van der Waals surface area contributed by atoms with Gasteiger partial charge >= 0.3 is 0 Å². The van der Waals surface area contributed by atoms with Crippen LogP contribution in [0.5, 0.6) is 0 Å². The SMILES string of the molecule is CCC1(C)NC(=O)CCN(CCCC2CC2)C1=O. The molecule has 1 N–H and O–H groups in total. The maximum absolute atomic E-state index is 12.4. The summed E-state index contributed by atoms with van der Waals surface area (Å²) in [5, 5.41) is 2.87. The Morgan fingerprint density at radius 2 is 2.11 bits per heavy atom. The molecule has 4 nitrogen and oxygen atoms in total. The minimum absolute atomic E-state index is 0.00241. The summed E-state index contributed by atoms with van der Waals surface area (Å²) in [6.07, 6.45) is 6.11. The molecule has 0 aromatic rings. The second kappa shape index (κ2) is 5.29. The molecule has 1 unspecified atom stereocenters. The van der Waals surface area contributed by atoms with Crippen LogP contribution in [0.3, 0.4) is 0 Å². The molecule has 2 amide bonds. The van der Waals surface area contributed by atoms with Crippen LogP contribution in [-0.4, -0.2) is 35.3 Å². The second-order valence-electron chi connectivity index (χ2n) is 5.86. The van der Waals surface area contributed by atoms with Crippen LogP contribution in [0.25, 0.3) is 0 Å². The van der Waals surface area contributed by atoms with Gasteiger partial charge in [-0.1, -0.05) is 19.8 Å². The first-order valence-electron chi connectivity index (χ1n) is 7.15. The molecule has 1 atom stereocenters. The van der Waals surface area contributed by atoms with E-state index >= 15 is 0 Å². The lowest BCUT2D eigenvalue weighted by atomic mass is 9.97. The fourth-order valence-electron chi connectivity index (χ4n) is 2.54. The first kappa shape index (κ1) is 13.4. The van der Waals surface area contributed by atoms with E-state index in [2.05, 4.69) is 5.32 Å². The zero-order valence-corrected chi connectivity index (χ0v) is 11.5. The van der Waals surface area contributed by atoms with Gasteiger partial charge in [0.25, 0.3) is 0 Å². The largest absolute Gasteiger partial charge is 0.342 e. The van der Waals surface area contributed by atoms with Crippen molar-refractivity contribution in [1.82, 2.24) is 10.2 Å². The van der Waals surface area contributed by atoms with E-state index in [1.807, 2.05) is 18.7 Å². The highest BCUT2D eigenvalue weighted by molar-refractivity contribution is 5.93. The normalized spacial score (nSPS) is 29.1. The fraction of sp³-hybridized carbons (Fsp3) is 0.857. The van der Waals surface area contributed by atoms with Crippen molar-refractivity contribution < 1.29 is 9.59 Å². The van der Waals surface area contributed by atoms with E-state index in [0.717, 1.165) is 18.9 Å². The molecule has 2 aliphatic rings. The highest BCUT2D eigenvalue weighted by atomic mass is 16.2. The third kappa shape index (κ3) is 3.03. The van der Waals surface area contributed by atoms with Crippen LogP contribution in [0.1, 0.15) is 52.4 Å². The average Bonchev–Trinajstić information content (AvgIpc) is 3.16. The molecule has 2 rings (SSSR count). The van der Waals surface area contributed by atoms with Gasteiger partial charge in [0.2, 0.25) is 11.8 Å². The smallest absolute Gasteiger partial charge is 0.248 e. The molecule has 102 valence electrons. The first-order valence-corrected chi connectivity index (χ1v) is 7.15. The predicted octanol–water partition coefficient (Wildman–Crippen LogP) is 1.69. The van der Waals surface area contributed by atoms with E-state index in [4.69, 9.17) is 0 Å². The second-order valence-corrected chi connectivity index (χ2v) is 5.86. The van der Waals surface area contributed by atoms with Gasteiger partial charge in [-0.15, -0.1) is 0 Å². The average molecular weight is 252 g/mol. The van der Waals surface area contributed by atoms with Crippen molar-refractivity contribution in [3.05, 3.63) is 0 Å². The van der Waals surface area contributed by atoms with Crippen molar-refractivity contribution in [2.24, 2.45) is 5.92 Å². The molecule has 0 aromatic carbocycles. The summed E-state index contributed by atoms with van der Waals surface area (Å²) in [6, 6.07) is 0. The molecule has 0 spiro atoms. The number of hydrogen-bond donors (Lipinski definition) is 1. The van der Waals surface area contributed by atoms with Gasteiger partial charge in [0.05, 0.1) is 0 Å². The van der Waals surface area contributed by atoms with E-state index in [1.165, 1.54) is 19.3 Å². The van der Waals surface area contributed by atoms with E-state index < -0.39 is 5.54 Å². The van der Waals surface area contributed by atoms with Gasteiger partial charge in [-0.2, -0.15) is 0 Å². The van der Waals surface area contributed by atoms with Crippen LogP contribution < -0.4 is 5.32 Å². The van der Waals surface area contributed by atoms with E-state index in [0.29, 0.717) is 19.4 Å². The van der Waals surface area contributed by atoms with E-state index in [-0.39, 0.29) is 11.8 Å². The minimum atomic E-state index is -0.701. The lowest BCUT2D eigenvalue weighted by molar-refractivity contribution is -0.138. The molecule has 1 saturated carbocycles. The molecule has 0 aromatic heterocycles. The first-order chi connectivity index (χ1) is 8.55.